The lowest BCUT2D eigenvalue weighted by molar-refractivity contribution is 0.600. The number of aliphatic imine (C=N–C) groups is 4. The zero-order chi connectivity index (χ0) is 89.2. The zero-order valence-electron chi connectivity index (χ0n) is 68.6. The third kappa shape index (κ3) is 16.6. The summed E-state index contributed by atoms with van der Waals surface area (Å²) in [7, 11) is 0. The monoisotopic (exact) mass is 2110 g/mol. The third-order valence-corrected chi connectivity index (χ3v) is 42.2. The number of thiazole rings is 2. The minimum atomic E-state index is 0.558. The van der Waals surface area contributed by atoms with Gasteiger partial charge in [-0.05, 0) is 230 Å². The average Bonchev–Trinajstić information content (AvgIpc) is 1.61. The van der Waals surface area contributed by atoms with Gasteiger partial charge >= 0.3 is 0 Å². The number of benzene rings is 8. The quantitative estimate of drug-likeness (QED) is 0.139. The van der Waals surface area contributed by atoms with Crippen LogP contribution in [0.2, 0.25) is 0 Å². The Bertz CT molecular complexity index is 8880. The lowest BCUT2D eigenvalue weighted by Gasteiger charge is -1.99. The lowest BCUT2D eigenvalue weighted by Crippen LogP contribution is -1.97. The molecular weight excluding hydrogens is 2060 g/mol. The van der Waals surface area contributed by atoms with E-state index in [9.17, 15) is 0 Å². The number of amidine groups is 2. The molecule has 0 radical (unpaired) electrons. The predicted octanol–water partition coefficient (Wildman–Crippen LogP) is 38.2. The summed E-state index contributed by atoms with van der Waals surface area (Å²) in [4.78, 5) is 45.6. The Morgan fingerprint density at radius 3 is 0.941 bits per heavy atom. The molecular formula is C99H51N11O5S20. The van der Waals surface area contributed by atoms with E-state index in [0.29, 0.717) is 45.0 Å². The van der Waals surface area contributed by atoms with Crippen molar-refractivity contribution in [2.75, 3.05) is 0 Å². The van der Waals surface area contributed by atoms with Crippen LogP contribution >= 0.6 is 227 Å². The summed E-state index contributed by atoms with van der Waals surface area (Å²) in [6.45, 7) is 0. The van der Waals surface area contributed by atoms with Crippen LogP contribution in [0.3, 0.4) is 0 Å². The Hall–Kier alpha value is -11.7. The van der Waals surface area contributed by atoms with Gasteiger partial charge in [-0.1, -0.05) is 36.4 Å². The standard InChI is InChI=1S/2C14H8S2.C12H6S3.C10H4S4.C10H6S2.C9H3N3O3.C8H4N2O2.C8H4S3.C6H4S2.C4H2N4.C4H2N2S2/c1-3-15-13-7-12-6-10-2-4-16-14(10)8-11(12)5-9(1)13;1-3-7-11-9(5-1)13-14(15-11)10-6-2-4-8-12(10)16-13;1-4-13-10-7(1)11-9(2-5-14-11)12-8(10)3-6-15-12;1-3-11-7-5(1)13-10-8-6(2-4-12-8)14-9(7)10;1-3-11-9-6-8-2-4-12-10(8)5-7(1)9;1-10-4-7(13-1)5-9(15-2-11-5)6-8(4)14-3-12-6;1-5-8(12-3-9-5)2-6-7(1)11-4-10-6;1-3-9-7-5(1)11-6-2-4-10-8(6)7;1-3-7-6-2-4-8-5(1)6;1-5-3-4(6-1)8-2-7-3;1-5-3-4(7-1)6-2-8-3/h2*1-8H;1-6H;1-4H;1-6H;1-3H;1-4H;1-4H;1-4H;2*1-2H. The molecule has 0 bridgehead atoms. The summed E-state index contributed by atoms with van der Waals surface area (Å²) in [5, 5.41) is 43.4. The third-order valence-electron chi connectivity index (χ3n) is 21.6. The first kappa shape index (κ1) is 85.0. The number of nitrogens with zero attached hydrogens (tertiary/aromatic N) is 11. The van der Waals surface area contributed by atoms with Gasteiger partial charge in [0.2, 0.25) is 11.7 Å². The molecule has 0 amide bonds. The maximum atomic E-state index is 5.25. The van der Waals surface area contributed by atoms with Crippen LogP contribution in [-0.4, -0.2) is 59.2 Å². The van der Waals surface area contributed by atoms with Crippen molar-refractivity contribution in [1.82, 2.24) is 34.9 Å². The molecule has 0 spiro atoms. The fraction of sp³-hybridized carbons (Fsp3) is 0. The van der Waals surface area contributed by atoms with Crippen molar-refractivity contribution in [3.63, 3.8) is 0 Å². The van der Waals surface area contributed by atoms with Crippen molar-refractivity contribution in [2.24, 2.45) is 20.0 Å². The fourth-order valence-electron chi connectivity index (χ4n) is 15.5. The van der Waals surface area contributed by atoms with Crippen LogP contribution in [-0.2, 0) is 0 Å². The second-order valence-electron chi connectivity index (χ2n) is 29.4. The van der Waals surface area contributed by atoms with Gasteiger partial charge in [0.05, 0.1) is 48.6 Å². The number of rotatable bonds is 0. The van der Waals surface area contributed by atoms with Crippen LogP contribution in [0.15, 0.2) is 331 Å². The average molecular weight is 2120 g/mol. The molecule has 25 aromatic heterocycles. The minimum Gasteiger partial charge on any atom is -0.443 e. The summed E-state index contributed by atoms with van der Waals surface area (Å²) in [6, 6.07) is 63.4. The van der Waals surface area contributed by atoms with Crippen LogP contribution in [0, 0.1) is 0 Å². The molecule has 2 aliphatic heterocycles. The van der Waals surface area contributed by atoms with Crippen LogP contribution in [0.4, 0.5) is 0 Å². The molecule has 0 N–H and O–H groups in total. The largest absolute Gasteiger partial charge is 0.443 e. The minimum absolute atomic E-state index is 0.558. The maximum absolute atomic E-state index is 5.25. The van der Waals surface area contributed by atoms with Crippen molar-refractivity contribution in [1.29, 1.82) is 0 Å². The van der Waals surface area contributed by atoms with Crippen LogP contribution in [0.25, 0.3) is 233 Å². The number of fused-ring (bicyclic) bond motifs is 35. The Labute approximate surface area is 839 Å². The summed E-state index contributed by atoms with van der Waals surface area (Å²) in [6.07, 6.45) is 9.75. The number of hydrogen-bond acceptors (Lipinski definition) is 36. The second-order valence-corrected chi connectivity index (χ2v) is 48.4. The van der Waals surface area contributed by atoms with Gasteiger partial charge in [0.15, 0.2) is 86.1 Å². The topological polar surface area (TPSA) is 205 Å². The maximum Gasteiger partial charge on any atom is 0.200 e. The molecule has 0 fully saturated rings. The normalized spacial score (nSPS) is 12.2. The van der Waals surface area contributed by atoms with Gasteiger partial charge in [0.1, 0.15) is 23.7 Å². The number of aromatic nitrogens is 7. The second kappa shape index (κ2) is 37.4. The first-order chi connectivity index (χ1) is 66.9. The van der Waals surface area contributed by atoms with E-state index >= 15 is 0 Å². The van der Waals surface area contributed by atoms with Gasteiger partial charge in [-0.25, -0.2) is 54.9 Å². The molecule has 36 heteroatoms. The molecule has 35 rings (SSSR count). The van der Waals surface area contributed by atoms with Crippen LogP contribution in [0.5, 0.6) is 0 Å². The molecule has 16 nitrogen and oxygen atoms in total. The van der Waals surface area contributed by atoms with E-state index in [1.165, 1.54) is 212 Å². The lowest BCUT2D eigenvalue weighted by atomic mass is 10.1. The number of thiophene rings is 18. The molecule has 0 saturated carbocycles. The summed E-state index contributed by atoms with van der Waals surface area (Å²) >= 11 is 36.6. The van der Waals surface area contributed by atoms with E-state index in [1.807, 2.05) is 192 Å². The number of oxazole rings is 5. The summed E-state index contributed by atoms with van der Waals surface area (Å²) in [5.41, 5.74) is 10.2. The Morgan fingerprint density at radius 2 is 0.526 bits per heavy atom. The van der Waals surface area contributed by atoms with Gasteiger partial charge < -0.3 is 22.1 Å². The van der Waals surface area contributed by atoms with Crippen molar-refractivity contribution < 1.29 is 22.1 Å². The van der Waals surface area contributed by atoms with Crippen LogP contribution < -0.4 is 0 Å². The van der Waals surface area contributed by atoms with E-state index in [0.717, 1.165) is 31.9 Å². The highest BCUT2D eigenvalue weighted by atomic mass is 32.2. The summed E-state index contributed by atoms with van der Waals surface area (Å²) < 4.78 is 59.0. The fourth-order valence-corrected chi connectivity index (χ4v) is 36.3. The molecule has 0 unspecified atom stereocenters. The molecule has 652 valence electrons. The highest BCUT2D eigenvalue weighted by Gasteiger charge is 2.21. The highest BCUT2D eigenvalue weighted by Crippen LogP contribution is 2.50. The SMILES string of the molecule is C1=NC2=NC=NC2=N1.c1cc2c(s1)c1ccsc1c1ccsc21.c1cc2cc3cc4sccc4cc3cc2s1.c1cc2cc3sccc3cc2s1.c1cc2sc3c4sccc4sc3c2s1.c1cc2sc3ccsc3c2s1.c1cc2sccc2s1.c1ccc2c(c1)sc1c3ccccc3sc21.c1nc2c(o1)c1ncoc1c1ncoc21.c1nc2cc3ocnc3cc2o1.c1nc2scnc2s1. The van der Waals surface area contributed by atoms with Gasteiger partial charge in [-0.3, -0.25) is 0 Å². The smallest absolute Gasteiger partial charge is 0.200 e. The Morgan fingerprint density at radius 1 is 0.207 bits per heavy atom. The van der Waals surface area contributed by atoms with Gasteiger partial charge in [0, 0.05) is 110 Å². The van der Waals surface area contributed by atoms with E-state index in [2.05, 4.69) is 289 Å². The first-order valence-corrected chi connectivity index (χ1v) is 58.0. The molecule has 33 aromatic rings. The van der Waals surface area contributed by atoms with Gasteiger partial charge in [0.25, 0.3) is 0 Å². The highest BCUT2D eigenvalue weighted by molar-refractivity contribution is 7.44. The van der Waals surface area contributed by atoms with E-state index in [1.54, 1.807) is 57.5 Å². The van der Waals surface area contributed by atoms with E-state index in [-0.39, 0.29) is 0 Å². The van der Waals surface area contributed by atoms with E-state index in [4.69, 9.17) is 22.1 Å². The zero-order valence-corrected chi connectivity index (χ0v) is 84.9. The molecule has 27 heterocycles. The van der Waals surface area contributed by atoms with Crippen LogP contribution in [0.1, 0.15) is 0 Å². The van der Waals surface area contributed by atoms with Gasteiger partial charge in [-0.15, -0.1) is 227 Å². The van der Waals surface area contributed by atoms with Crippen molar-refractivity contribution in [3.05, 3.63) is 289 Å². The summed E-state index contributed by atoms with van der Waals surface area (Å²) in [5.74, 6) is 1.26. The molecule has 8 aromatic carbocycles. The molecule has 2 aliphatic rings. The van der Waals surface area contributed by atoms with Gasteiger partial charge in [-0.2, -0.15) is 0 Å². The van der Waals surface area contributed by atoms with E-state index < -0.39 is 0 Å². The van der Waals surface area contributed by atoms with Crippen molar-refractivity contribution in [2.45, 2.75) is 0 Å². The van der Waals surface area contributed by atoms with Crippen molar-refractivity contribution in [3.8, 4) is 0 Å². The number of hydrogen-bond donors (Lipinski definition) is 0. The van der Waals surface area contributed by atoms with Crippen molar-refractivity contribution >= 4 is 484 Å². The molecule has 0 aliphatic carbocycles. The Kier molecular flexibility index (Phi) is 23.6. The molecule has 135 heavy (non-hydrogen) atoms. The molecule has 0 saturated heterocycles. The predicted molar refractivity (Wildman–Crippen MR) is 602 cm³/mol. The molecule has 0 atom stereocenters. The Balaban J connectivity index is 0.0000000798. The first-order valence-electron chi connectivity index (χ1n) is 40.7.